The fourth-order valence-electron chi connectivity index (χ4n) is 6.16. The van der Waals surface area contributed by atoms with E-state index in [4.69, 9.17) is 23.0 Å². The van der Waals surface area contributed by atoms with Gasteiger partial charge in [0.15, 0.2) is 0 Å². The lowest BCUT2D eigenvalue weighted by molar-refractivity contribution is 0.0522. The van der Waals surface area contributed by atoms with Crippen LogP contribution >= 0.6 is 22.6 Å². The number of benzene rings is 4. The van der Waals surface area contributed by atoms with Crippen LogP contribution in [0.15, 0.2) is 100 Å². The number of methoxy groups -OCH3 is 2. The van der Waals surface area contributed by atoms with Crippen molar-refractivity contribution in [2.45, 2.75) is 52.1 Å². The molecule has 0 bridgehead atoms. The molecule has 296 valence electrons. The number of H-pyrrole nitrogens is 1. The predicted octanol–water partition coefficient (Wildman–Crippen LogP) is 8.78. The quantitative estimate of drug-likeness (QED) is 0.123. The van der Waals surface area contributed by atoms with E-state index in [9.17, 15) is 4.79 Å². The number of halogens is 1. The van der Waals surface area contributed by atoms with Crippen LogP contribution < -0.4 is 9.47 Å². The number of carbonyl (C=O) groups excluding carboxylic acids is 1. The summed E-state index contributed by atoms with van der Waals surface area (Å²) >= 11 is 2.12. The van der Waals surface area contributed by atoms with Crippen molar-refractivity contribution in [2.24, 2.45) is 0 Å². The highest BCUT2D eigenvalue weighted by atomic mass is 127. The molecule has 0 amide bonds. The third-order valence-corrected chi connectivity index (χ3v) is 9.62. The van der Waals surface area contributed by atoms with Crippen molar-refractivity contribution < 1.29 is 27.8 Å². The standard InChI is InChI=1S/C23H23IN4O4.C20H18N4O2/c1-23(2,3)32-22(29)28-18-9-8-15(11-17(18)21(24)27-28)13-20-26-25-19(31-20)12-14-6-5-7-16(10-14)30-4;1-3-17-16-10-14(7-8-18(16)22-21-17)12-20-24-23-19(26-20)11-13-5-4-6-15(9-13)25-2/h5-11H,12-13H2,1-4H3;3-10H,1,11-12H2,2H3,(H,21,22). The number of ether oxygens (including phenoxy) is 3. The molecule has 0 radical (unpaired) electrons. The predicted molar refractivity (Wildman–Crippen MR) is 226 cm³/mol. The van der Waals surface area contributed by atoms with Crippen molar-refractivity contribution >= 4 is 56.6 Å². The Morgan fingerprint density at radius 3 is 1.74 bits per heavy atom. The van der Waals surface area contributed by atoms with Crippen LogP contribution in [0.3, 0.4) is 0 Å². The molecule has 0 unspecified atom stereocenters. The molecule has 15 heteroatoms. The second-order valence-electron chi connectivity index (χ2n) is 14.3. The maximum absolute atomic E-state index is 12.5. The monoisotopic (exact) mass is 892 g/mol. The summed E-state index contributed by atoms with van der Waals surface area (Å²) in [5, 5.41) is 30.1. The number of hydrogen-bond acceptors (Lipinski definition) is 12. The largest absolute Gasteiger partial charge is 0.497 e. The molecule has 0 aliphatic rings. The first-order chi connectivity index (χ1) is 28.0. The molecular weight excluding hydrogens is 851 g/mol. The van der Waals surface area contributed by atoms with Crippen LogP contribution in [0.25, 0.3) is 27.9 Å². The molecule has 4 aromatic carbocycles. The van der Waals surface area contributed by atoms with E-state index < -0.39 is 11.7 Å². The van der Waals surface area contributed by atoms with Crippen LogP contribution in [0.4, 0.5) is 4.79 Å². The molecule has 0 saturated carbocycles. The van der Waals surface area contributed by atoms with Gasteiger partial charge in [0.2, 0.25) is 23.6 Å². The molecule has 58 heavy (non-hydrogen) atoms. The Hall–Kier alpha value is -6.36. The molecule has 4 aromatic heterocycles. The van der Waals surface area contributed by atoms with Crippen molar-refractivity contribution in [3.05, 3.63) is 147 Å². The summed E-state index contributed by atoms with van der Waals surface area (Å²) in [5.74, 6) is 3.85. The van der Waals surface area contributed by atoms with E-state index in [1.807, 2.05) is 99.6 Å². The fourth-order valence-corrected chi connectivity index (χ4v) is 6.80. The SMILES string of the molecule is C=Cc1n[nH]c2ccc(Cc3nnc(Cc4cccc(OC)c4)o3)cc12.COc1cccc(Cc2nnc(Cc3ccc4c(c3)c(I)nn4C(=O)OC(C)(C)C)o2)c1. The van der Waals surface area contributed by atoms with Gasteiger partial charge in [-0.25, -0.2) is 4.79 Å². The van der Waals surface area contributed by atoms with E-state index in [2.05, 4.69) is 70.9 Å². The second kappa shape index (κ2) is 17.4. The number of carbonyl (C=O) groups is 1. The van der Waals surface area contributed by atoms with Crippen LogP contribution in [-0.4, -0.2) is 66.3 Å². The second-order valence-corrected chi connectivity index (χ2v) is 15.3. The Balaban J connectivity index is 0.000000180. The molecule has 0 fully saturated rings. The first-order valence-corrected chi connectivity index (χ1v) is 19.4. The zero-order chi connectivity index (χ0) is 40.8. The van der Waals surface area contributed by atoms with Crippen LogP contribution in [0.5, 0.6) is 11.5 Å². The van der Waals surface area contributed by atoms with Gasteiger partial charge in [0, 0.05) is 10.8 Å². The van der Waals surface area contributed by atoms with Crippen molar-refractivity contribution in [2.75, 3.05) is 14.2 Å². The van der Waals surface area contributed by atoms with Gasteiger partial charge in [-0.2, -0.15) is 14.9 Å². The van der Waals surface area contributed by atoms with Gasteiger partial charge in [-0.3, -0.25) is 5.10 Å². The highest BCUT2D eigenvalue weighted by Crippen LogP contribution is 2.25. The van der Waals surface area contributed by atoms with Gasteiger partial charge in [-0.05, 0) is 120 Å². The first-order valence-electron chi connectivity index (χ1n) is 18.3. The number of hydrogen-bond donors (Lipinski definition) is 1. The molecule has 0 aliphatic heterocycles. The Morgan fingerprint density at radius 1 is 0.741 bits per heavy atom. The lowest BCUT2D eigenvalue weighted by Crippen LogP contribution is -2.27. The van der Waals surface area contributed by atoms with Gasteiger partial charge in [0.25, 0.3) is 0 Å². The number of nitrogens with zero attached hydrogens (tertiary/aromatic N) is 7. The number of aromatic amines is 1. The number of rotatable bonds is 11. The zero-order valence-electron chi connectivity index (χ0n) is 32.7. The average Bonchev–Trinajstić information content (AvgIpc) is 4.01. The van der Waals surface area contributed by atoms with Crippen molar-refractivity contribution in [3.63, 3.8) is 0 Å². The van der Waals surface area contributed by atoms with Crippen molar-refractivity contribution in [3.8, 4) is 11.5 Å². The molecule has 0 saturated heterocycles. The highest BCUT2D eigenvalue weighted by Gasteiger charge is 2.22. The van der Waals surface area contributed by atoms with Crippen LogP contribution in [0.1, 0.15) is 72.3 Å². The van der Waals surface area contributed by atoms with Gasteiger partial charge in [0.1, 0.15) is 20.8 Å². The lowest BCUT2D eigenvalue weighted by atomic mass is 10.1. The Labute approximate surface area is 347 Å². The van der Waals surface area contributed by atoms with Crippen molar-refractivity contribution in [1.29, 1.82) is 0 Å². The van der Waals surface area contributed by atoms with E-state index in [1.165, 1.54) is 4.68 Å². The van der Waals surface area contributed by atoms with Crippen LogP contribution in [-0.2, 0) is 30.4 Å². The lowest BCUT2D eigenvalue weighted by Gasteiger charge is -2.19. The van der Waals surface area contributed by atoms with Gasteiger partial charge >= 0.3 is 6.09 Å². The minimum absolute atomic E-state index is 0.481. The molecular formula is C43H41IN8O6. The Morgan fingerprint density at radius 2 is 1.24 bits per heavy atom. The first kappa shape index (κ1) is 39.9. The summed E-state index contributed by atoms with van der Waals surface area (Å²) in [4.78, 5) is 12.5. The number of fused-ring (bicyclic) bond motifs is 2. The van der Waals surface area contributed by atoms with Crippen molar-refractivity contribution in [1.82, 2.24) is 40.4 Å². The van der Waals surface area contributed by atoms with E-state index in [0.29, 0.717) is 54.8 Å². The molecule has 8 rings (SSSR count). The minimum atomic E-state index is -0.596. The zero-order valence-corrected chi connectivity index (χ0v) is 34.8. The Kier molecular flexibility index (Phi) is 12.0. The van der Waals surface area contributed by atoms with Gasteiger partial charge in [-0.1, -0.05) is 43.0 Å². The van der Waals surface area contributed by atoms with E-state index in [0.717, 1.165) is 59.4 Å². The molecule has 0 aliphatic carbocycles. The summed E-state index contributed by atoms with van der Waals surface area (Å²) in [6, 6.07) is 27.5. The molecule has 0 spiro atoms. The summed E-state index contributed by atoms with van der Waals surface area (Å²) in [6.07, 6.45) is 3.39. The normalized spacial score (nSPS) is 11.3. The number of nitrogens with one attached hydrogen (secondary N) is 1. The van der Waals surface area contributed by atoms with Crippen LogP contribution in [0.2, 0.25) is 0 Å². The maximum atomic E-state index is 12.5. The van der Waals surface area contributed by atoms with Gasteiger partial charge in [0.05, 0.1) is 56.6 Å². The summed E-state index contributed by atoms with van der Waals surface area (Å²) in [7, 11) is 3.29. The minimum Gasteiger partial charge on any atom is -0.497 e. The molecule has 4 heterocycles. The summed E-state index contributed by atoms with van der Waals surface area (Å²) in [5.41, 5.74) is 6.08. The third kappa shape index (κ3) is 9.77. The van der Waals surface area contributed by atoms with E-state index in [-0.39, 0.29) is 0 Å². The number of aromatic nitrogens is 8. The smallest absolute Gasteiger partial charge is 0.435 e. The van der Waals surface area contributed by atoms with E-state index in [1.54, 1.807) is 20.3 Å². The topological polar surface area (TPSA) is 169 Å². The molecule has 0 atom stereocenters. The molecule has 14 nitrogen and oxygen atoms in total. The molecule has 8 aromatic rings. The Bertz CT molecular complexity index is 2710. The summed E-state index contributed by atoms with van der Waals surface area (Å²) in [6.45, 7) is 9.27. The third-order valence-electron chi connectivity index (χ3n) is 8.82. The summed E-state index contributed by atoms with van der Waals surface area (Å²) < 4.78 is 29.6. The van der Waals surface area contributed by atoms with E-state index >= 15 is 0 Å². The molecule has 1 N–H and O–H groups in total. The fraction of sp³-hybridized carbons (Fsp3) is 0.233. The highest BCUT2D eigenvalue weighted by molar-refractivity contribution is 14.1. The maximum Gasteiger partial charge on any atom is 0.435 e. The van der Waals surface area contributed by atoms with Crippen LogP contribution in [0, 0.1) is 3.70 Å². The van der Waals surface area contributed by atoms with Gasteiger partial charge in [-0.15, -0.1) is 20.4 Å². The van der Waals surface area contributed by atoms with Gasteiger partial charge < -0.3 is 23.0 Å². The average molecular weight is 893 g/mol.